The van der Waals surface area contributed by atoms with Gasteiger partial charge in [-0.1, -0.05) is 12.1 Å². The van der Waals surface area contributed by atoms with E-state index in [1.807, 2.05) is 13.0 Å². The highest BCUT2D eigenvalue weighted by Crippen LogP contribution is 2.35. The smallest absolute Gasteiger partial charge is 0.147 e. The zero-order valence-corrected chi connectivity index (χ0v) is 15.9. The van der Waals surface area contributed by atoms with E-state index in [9.17, 15) is 0 Å². The third-order valence-corrected chi connectivity index (χ3v) is 4.91. The molecule has 5 heteroatoms. The maximum Gasteiger partial charge on any atom is 0.147 e. The molecule has 0 aromatic heterocycles. The minimum Gasteiger partial charge on any atom is -0.492 e. The number of hydrogen-bond acceptors (Lipinski definition) is 3. The van der Waals surface area contributed by atoms with Gasteiger partial charge in [-0.2, -0.15) is 0 Å². The molecule has 0 saturated heterocycles. The first-order valence-electron chi connectivity index (χ1n) is 6.63. The van der Waals surface area contributed by atoms with Crippen molar-refractivity contribution in [2.24, 2.45) is 0 Å². The predicted molar refractivity (Wildman–Crippen MR) is 98.6 cm³/mol. The monoisotopic (exact) mass is 429 g/mol. The number of ether oxygens (including phenoxy) is 1. The SMILES string of the molecule is CCOc1c(Br)cc(CNc2ccccc2SC)cc1Br. The number of anilines is 1. The summed E-state index contributed by atoms with van der Waals surface area (Å²) in [6.07, 6.45) is 2.09. The summed E-state index contributed by atoms with van der Waals surface area (Å²) < 4.78 is 7.54. The molecule has 0 heterocycles. The third-order valence-electron chi connectivity index (χ3n) is 2.94. The van der Waals surface area contributed by atoms with Crippen molar-refractivity contribution in [2.45, 2.75) is 18.4 Å². The van der Waals surface area contributed by atoms with Crippen LogP contribution in [0.3, 0.4) is 0 Å². The first-order valence-corrected chi connectivity index (χ1v) is 9.44. The quantitative estimate of drug-likeness (QED) is 0.572. The summed E-state index contributed by atoms with van der Waals surface area (Å²) in [5, 5.41) is 3.48. The Bertz CT molecular complexity index is 596. The highest BCUT2D eigenvalue weighted by molar-refractivity contribution is 9.11. The predicted octanol–water partition coefficient (Wildman–Crippen LogP) is 5.94. The molecule has 21 heavy (non-hydrogen) atoms. The molecule has 0 atom stereocenters. The van der Waals surface area contributed by atoms with E-state index < -0.39 is 0 Å². The van der Waals surface area contributed by atoms with Crippen molar-refractivity contribution in [3.05, 3.63) is 50.9 Å². The van der Waals surface area contributed by atoms with Gasteiger partial charge in [0.2, 0.25) is 0 Å². The van der Waals surface area contributed by atoms with Crippen LogP contribution in [0.1, 0.15) is 12.5 Å². The van der Waals surface area contributed by atoms with E-state index in [2.05, 4.69) is 73.8 Å². The van der Waals surface area contributed by atoms with Gasteiger partial charge in [0, 0.05) is 17.1 Å². The topological polar surface area (TPSA) is 21.3 Å². The van der Waals surface area contributed by atoms with E-state index in [4.69, 9.17) is 4.74 Å². The van der Waals surface area contributed by atoms with Crippen LogP contribution in [-0.2, 0) is 6.54 Å². The fraction of sp³-hybridized carbons (Fsp3) is 0.250. The second kappa shape index (κ2) is 8.11. The van der Waals surface area contributed by atoms with E-state index in [0.29, 0.717) is 6.61 Å². The van der Waals surface area contributed by atoms with Crippen molar-refractivity contribution in [1.82, 2.24) is 0 Å². The summed E-state index contributed by atoms with van der Waals surface area (Å²) >= 11 is 8.88. The average Bonchev–Trinajstić information content (AvgIpc) is 2.49. The van der Waals surface area contributed by atoms with Crippen LogP contribution in [0.15, 0.2) is 50.2 Å². The Morgan fingerprint density at radius 3 is 2.43 bits per heavy atom. The van der Waals surface area contributed by atoms with E-state index in [-0.39, 0.29) is 0 Å². The average molecular weight is 431 g/mol. The van der Waals surface area contributed by atoms with Crippen molar-refractivity contribution < 1.29 is 4.74 Å². The van der Waals surface area contributed by atoms with E-state index in [0.717, 1.165) is 26.9 Å². The Labute approximate surface area is 146 Å². The molecule has 0 saturated carbocycles. The molecule has 0 radical (unpaired) electrons. The normalized spacial score (nSPS) is 10.5. The third kappa shape index (κ3) is 4.41. The van der Waals surface area contributed by atoms with Crippen LogP contribution in [0.5, 0.6) is 5.75 Å². The fourth-order valence-electron chi connectivity index (χ4n) is 1.98. The van der Waals surface area contributed by atoms with Crippen LogP contribution in [0.4, 0.5) is 5.69 Å². The van der Waals surface area contributed by atoms with Gasteiger partial charge in [0.05, 0.1) is 15.6 Å². The van der Waals surface area contributed by atoms with Crippen LogP contribution in [-0.4, -0.2) is 12.9 Å². The molecule has 2 nitrogen and oxygen atoms in total. The zero-order chi connectivity index (χ0) is 15.2. The molecule has 0 aliphatic carbocycles. The van der Waals surface area contributed by atoms with Crippen LogP contribution in [0.2, 0.25) is 0 Å². The lowest BCUT2D eigenvalue weighted by molar-refractivity contribution is 0.336. The minimum atomic E-state index is 0.649. The zero-order valence-electron chi connectivity index (χ0n) is 12.0. The van der Waals surface area contributed by atoms with Crippen LogP contribution in [0.25, 0.3) is 0 Å². The lowest BCUT2D eigenvalue weighted by Gasteiger charge is -2.13. The van der Waals surface area contributed by atoms with Gasteiger partial charge in [-0.3, -0.25) is 0 Å². The number of hydrogen-bond donors (Lipinski definition) is 1. The molecular formula is C16H17Br2NOS. The molecule has 1 N–H and O–H groups in total. The molecule has 0 unspecified atom stereocenters. The van der Waals surface area contributed by atoms with Crippen molar-refractivity contribution in [1.29, 1.82) is 0 Å². The van der Waals surface area contributed by atoms with Gasteiger partial charge >= 0.3 is 0 Å². The molecule has 0 amide bonds. The van der Waals surface area contributed by atoms with Gasteiger partial charge < -0.3 is 10.1 Å². The fourth-order valence-corrected chi connectivity index (χ4v) is 4.07. The lowest BCUT2D eigenvalue weighted by Crippen LogP contribution is -2.02. The van der Waals surface area contributed by atoms with Crippen molar-refractivity contribution in [2.75, 3.05) is 18.2 Å². The Morgan fingerprint density at radius 1 is 1.14 bits per heavy atom. The maximum atomic E-state index is 5.60. The molecule has 2 aromatic rings. The van der Waals surface area contributed by atoms with E-state index in [1.165, 1.54) is 10.5 Å². The number of halogens is 2. The Hall–Kier alpha value is -0.650. The Morgan fingerprint density at radius 2 is 1.81 bits per heavy atom. The highest BCUT2D eigenvalue weighted by atomic mass is 79.9. The van der Waals surface area contributed by atoms with Crippen molar-refractivity contribution >= 4 is 49.3 Å². The summed E-state index contributed by atoms with van der Waals surface area (Å²) in [6, 6.07) is 12.5. The number of nitrogens with one attached hydrogen (secondary N) is 1. The summed E-state index contributed by atoms with van der Waals surface area (Å²) in [5.74, 6) is 0.853. The lowest BCUT2D eigenvalue weighted by atomic mass is 10.2. The van der Waals surface area contributed by atoms with E-state index >= 15 is 0 Å². The van der Waals surface area contributed by atoms with Crippen LogP contribution >= 0.6 is 43.6 Å². The number of thioether (sulfide) groups is 1. The van der Waals surface area contributed by atoms with Crippen molar-refractivity contribution in [3.63, 3.8) is 0 Å². The Balaban J connectivity index is 2.13. The second-order valence-electron chi connectivity index (χ2n) is 4.38. The van der Waals surface area contributed by atoms with Gasteiger partial charge in [-0.15, -0.1) is 11.8 Å². The van der Waals surface area contributed by atoms with E-state index in [1.54, 1.807) is 11.8 Å². The summed E-state index contributed by atoms with van der Waals surface area (Å²) in [5.41, 5.74) is 2.35. The molecule has 2 rings (SSSR count). The minimum absolute atomic E-state index is 0.649. The standard InChI is InChI=1S/C16H17Br2NOS/c1-3-20-16-12(17)8-11(9-13(16)18)10-19-14-6-4-5-7-15(14)21-2/h4-9,19H,3,10H2,1-2H3. The molecule has 0 spiro atoms. The largest absolute Gasteiger partial charge is 0.492 e. The van der Waals surface area contributed by atoms with Gasteiger partial charge in [0.1, 0.15) is 5.75 Å². The first-order chi connectivity index (χ1) is 10.2. The number of benzene rings is 2. The molecule has 0 aliphatic rings. The molecule has 0 fully saturated rings. The first kappa shape index (κ1) is 16.7. The summed E-state index contributed by atoms with van der Waals surface area (Å²) in [4.78, 5) is 1.25. The van der Waals surface area contributed by atoms with Crippen molar-refractivity contribution in [3.8, 4) is 5.75 Å². The van der Waals surface area contributed by atoms with Crippen LogP contribution in [0, 0.1) is 0 Å². The molecule has 112 valence electrons. The number of para-hydroxylation sites is 1. The molecule has 2 aromatic carbocycles. The van der Waals surface area contributed by atoms with Gasteiger partial charge in [-0.05, 0) is 74.9 Å². The second-order valence-corrected chi connectivity index (χ2v) is 6.93. The van der Waals surface area contributed by atoms with Gasteiger partial charge in [-0.25, -0.2) is 0 Å². The Kier molecular flexibility index (Phi) is 6.45. The highest BCUT2D eigenvalue weighted by Gasteiger charge is 2.09. The van der Waals surface area contributed by atoms with Gasteiger partial charge in [0.25, 0.3) is 0 Å². The maximum absolute atomic E-state index is 5.60. The molecule has 0 aliphatic heterocycles. The number of rotatable bonds is 6. The van der Waals surface area contributed by atoms with Crippen LogP contribution < -0.4 is 10.1 Å². The van der Waals surface area contributed by atoms with Gasteiger partial charge in [0.15, 0.2) is 0 Å². The summed E-state index contributed by atoms with van der Waals surface area (Å²) in [7, 11) is 0. The molecular weight excluding hydrogens is 414 g/mol. The summed E-state index contributed by atoms with van der Waals surface area (Å²) in [6.45, 7) is 3.39. The molecule has 0 bridgehead atoms.